The summed E-state index contributed by atoms with van der Waals surface area (Å²) in [5.41, 5.74) is 1.08. The van der Waals surface area contributed by atoms with Crippen LogP contribution in [0.3, 0.4) is 0 Å². The molecule has 172 valence electrons. The van der Waals surface area contributed by atoms with Gasteiger partial charge in [0.05, 0.1) is 24.1 Å². The lowest BCUT2D eigenvalue weighted by molar-refractivity contribution is 0.0957. The van der Waals surface area contributed by atoms with Gasteiger partial charge >= 0.3 is 0 Å². The van der Waals surface area contributed by atoms with E-state index in [0.29, 0.717) is 32.3 Å². The van der Waals surface area contributed by atoms with E-state index in [4.69, 9.17) is 9.47 Å². The zero-order valence-corrected chi connectivity index (χ0v) is 21.7. The van der Waals surface area contributed by atoms with Crippen LogP contribution in [0.2, 0.25) is 0 Å². The van der Waals surface area contributed by atoms with Gasteiger partial charge in [-0.3, -0.25) is 9.79 Å². The fraction of sp³-hybridized carbons (Fsp3) is 0.455. The number of amides is 1. The lowest BCUT2D eigenvalue weighted by atomic mass is 10.1. The average molecular weight is 561 g/mol. The summed E-state index contributed by atoms with van der Waals surface area (Å²) in [6.07, 6.45) is 0.795. The van der Waals surface area contributed by atoms with Gasteiger partial charge in [-0.05, 0) is 56.3 Å². The van der Waals surface area contributed by atoms with Crippen molar-refractivity contribution in [3.63, 3.8) is 0 Å². The van der Waals surface area contributed by atoms with Crippen molar-refractivity contribution in [2.45, 2.75) is 33.2 Å². The van der Waals surface area contributed by atoms with Crippen molar-refractivity contribution in [2.24, 2.45) is 4.99 Å². The van der Waals surface area contributed by atoms with Crippen LogP contribution in [0.1, 0.15) is 48.5 Å². The van der Waals surface area contributed by atoms with Gasteiger partial charge in [-0.25, -0.2) is 0 Å². The number of hydrogen-bond donors (Lipinski definition) is 3. The summed E-state index contributed by atoms with van der Waals surface area (Å²) in [7, 11) is 1.74. The number of benzene rings is 1. The maximum absolute atomic E-state index is 11.9. The van der Waals surface area contributed by atoms with Crippen LogP contribution in [0.4, 0.5) is 0 Å². The Morgan fingerprint density at radius 3 is 2.45 bits per heavy atom. The summed E-state index contributed by atoms with van der Waals surface area (Å²) in [4.78, 5) is 16.9. The van der Waals surface area contributed by atoms with Crippen molar-refractivity contribution >= 4 is 47.2 Å². The molecule has 1 aromatic heterocycles. The Morgan fingerprint density at radius 1 is 1.10 bits per heavy atom. The third-order valence-corrected chi connectivity index (χ3v) is 5.19. The second-order valence-electron chi connectivity index (χ2n) is 6.52. The minimum absolute atomic E-state index is 0. The molecule has 7 nitrogen and oxygen atoms in total. The Labute approximate surface area is 206 Å². The number of nitrogens with zero attached hydrogens (tertiary/aromatic N) is 1. The normalized spacial score (nSPS) is 11.8. The molecular formula is C22H33IN4O3S. The second-order valence-corrected chi connectivity index (χ2v) is 7.47. The molecule has 1 amide bonds. The van der Waals surface area contributed by atoms with Gasteiger partial charge in [0.2, 0.25) is 0 Å². The van der Waals surface area contributed by atoms with Gasteiger partial charge in [0, 0.05) is 20.1 Å². The van der Waals surface area contributed by atoms with Crippen LogP contribution in [0.15, 0.2) is 40.7 Å². The van der Waals surface area contributed by atoms with Crippen LogP contribution in [0.5, 0.6) is 11.5 Å². The fourth-order valence-corrected chi connectivity index (χ4v) is 3.45. The fourth-order valence-electron chi connectivity index (χ4n) is 2.81. The number of carbonyl (C=O) groups excluding carboxylic acids is 1. The van der Waals surface area contributed by atoms with Gasteiger partial charge in [0.15, 0.2) is 17.5 Å². The molecule has 0 fully saturated rings. The standard InChI is InChI=1S/C22H32N4O3S.HI/c1-5-28-18-11-10-17(15-19(18)29-6-2)16(3)26-22(23-4)25-13-8-12-24-21(27)20-9-7-14-30-20;/h7,9-11,14-16H,5-6,8,12-13H2,1-4H3,(H,24,27)(H2,23,25,26);1H. The van der Waals surface area contributed by atoms with E-state index in [1.54, 1.807) is 7.05 Å². The van der Waals surface area contributed by atoms with Gasteiger partial charge < -0.3 is 25.4 Å². The Bertz CT molecular complexity index is 815. The van der Waals surface area contributed by atoms with Crippen molar-refractivity contribution in [1.29, 1.82) is 0 Å². The molecular weight excluding hydrogens is 527 g/mol. The van der Waals surface area contributed by atoms with Crippen LogP contribution >= 0.6 is 35.3 Å². The van der Waals surface area contributed by atoms with Crippen LogP contribution in [0.25, 0.3) is 0 Å². The maximum atomic E-state index is 11.9. The predicted octanol–water partition coefficient (Wildman–Crippen LogP) is 4.21. The monoisotopic (exact) mass is 560 g/mol. The molecule has 9 heteroatoms. The SMILES string of the molecule is CCOc1ccc(C(C)NC(=NC)NCCCNC(=O)c2cccs2)cc1OCC.I. The smallest absolute Gasteiger partial charge is 0.261 e. The Kier molecular flexibility index (Phi) is 13.0. The quantitative estimate of drug-likeness (QED) is 0.166. The van der Waals surface area contributed by atoms with E-state index in [1.807, 2.05) is 49.6 Å². The van der Waals surface area contributed by atoms with Gasteiger partial charge in [-0.15, -0.1) is 35.3 Å². The van der Waals surface area contributed by atoms with E-state index in [0.717, 1.165) is 28.4 Å². The zero-order valence-electron chi connectivity index (χ0n) is 18.6. The number of hydrogen-bond acceptors (Lipinski definition) is 5. The van der Waals surface area contributed by atoms with Crippen LogP contribution < -0.4 is 25.4 Å². The molecule has 0 radical (unpaired) electrons. The molecule has 2 aromatic rings. The highest BCUT2D eigenvalue weighted by Crippen LogP contribution is 2.30. The zero-order chi connectivity index (χ0) is 21.8. The third-order valence-electron chi connectivity index (χ3n) is 4.32. The van der Waals surface area contributed by atoms with Crippen molar-refractivity contribution in [2.75, 3.05) is 33.4 Å². The van der Waals surface area contributed by atoms with Crippen molar-refractivity contribution in [3.8, 4) is 11.5 Å². The highest BCUT2D eigenvalue weighted by molar-refractivity contribution is 14.0. The molecule has 0 saturated heterocycles. The summed E-state index contributed by atoms with van der Waals surface area (Å²) in [5, 5.41) is 11.5. The summed E-state index contributed by atoms with van der Waals surface area (Å²) >= 11 is 1.44. The molecule has 0 aliphatic carbocycles. The number of rotatable bonds is 11. The molecule has 0 aliphatic rings. The second kappa shape index (κ2) is 14.9. The van der Waals surface area contributed by atoms with Gasteiger partial charge in [-0.1, -0.05) is 12.1 Å². The molecule has 1 unspecified atom stereocenters. The van der Waals surface area contributed by atoms with E-state index in [1.165, 1.54) is 11.3 Å². The number of halogens is 1. The Hall–Kier alpha value is -2.01. The van der Waals surface area contributed by atoms with Crippen LogP contribution in [-0.2, 0) is 0 Å². The van der Waals surface area contributed by atoms with Crippen molar-refractivity contribution < 1.29 is 14.3 Å². The molecule has 3 N–H and O–H groups in total. The van der Waals surface area contributed by atoms with Crippen molar-refractivity contribution in [1.82, 2.24) is 16.0 Å². The Balaban J connectivity index is 0.00000480. The minimum Gasteiger partial charge on any atom is -0.490 e. The highest BCUT2D eigenvalue weighted by Gasteiger charge is 2.12. The van der Waals surface area contributed by atoms with E-state index < -0.39 is 0 Å². The number of nitrogens with one attached hydrogen (secondary N) is 3. The third kappa shape index (κ3) is 8.94. The lowest BCUT2D eigenvalue weighted by Gasteiger charge is -2.20. The molecule has 1 heterocycles. The predicted molar refractivity (Wildman–Crippen MR) is 138 cm³/mol. The summed E-state index contributed by atoms with van der Waals surface area (Å²) in [6.45, 7) is 8.46. The lowest BCUT2D eigenvalue weighted by Crippen LogP contribution is -2.40. The molecule has 2 rings (SSSR count). The van der Waals surface area contributed by atoms with E-state index in [-0.39, 0.29) is 35.9 Å². The van der Waals surface area contributed by atoms with E-state index in [9.17, 15) is 4.79 Å². The Morgan fingerprint density at radius 2 is 1.81 bits per heavy atom. The first kappa shape index (κ1) is 27.0. The topological polar surface area (TPSA) is 84.0 Å². The first-order valence-corrected chi connectivity index (χ1v) is 11.1. The van der Waals surface area contributed by atoms with Gasteiger partial charge in [0.1, 0.15) is 0 Å². The summed E-state index contributed by atoms with van der Waals surface area (Å²) < 4.78 is 11.3. The molecule has 1 aromatic carbocycles. The van der Waals surface area contributed by atoms with Crippen LogP contribution in [0, 0.1) is 0 Å². The molecule has 0 bridgehead atoms. The summed E-state index contributed by atoms with van der Waals surface area (Å²) in [5.74, 6) is 2.18. The number of ether oxygens (including phenoxy) is 2. The minimum atomic E-state index is -0.0262. The molecule has 31 heavy (non-hydrogen) atoms. The molecule has 1 atom stereocenters. The highest BCUT2D eigenvalue weighted by atomic mass is 127. The largest absolute Gasteiger partial charge is 0.490 e. The van der Waals surface area contributed by atoms with Crippen LogP contribution in [-0.4, -0.2) is 45.2 Å². The summed E-state index contributed by atoms with van der Waals surface area (Å²) in [6, 6.07) is 9.69. The van der Waals surface area contributed by atoms with E-state index >= 15 is 0 Å². The number of aliphatic imine (C=N–C) groups is 1. The van der Waals surface area contributed by atoms with Crippen molar-refractivity contribution in [3.05, 3.63) is 46.2 Å². The first-order valence-electron chi connectivity index (χ1n) is 10.3. The first-order chi connectivity index (χ1) is 14.6. The number of carbonyl (C=O) groups is 1. The molecule has 0 saturated carbocycles. The number of thiophene rings is 1. The molecule has 0 aliphatic heterocycles. The maximum Gasteiger partial charge on any atom is 0.261 e. The van der Waals surface area contributed by atoms with Gasteiger partial charge in [0.25, 0.3) is 5.91 Å². The van der Waals surface area contributed by atoms with Gasteiger partial charge in [-0.2, -0.15) is 0 Å². The molecule has 0 spiro atoms. The average Bonchev–Trinajstić information content (AvgIpc) is 3.29. The number of guanidine groups is 1. The van der Waals surface area contributed by atoms with E-state index in [2.05, 4.69) is 27.9 Å².